The van der Waals surface area contributed by atoms with E-state index >= 15 is 0 Å². The summed E-state index contributed by atoms with van der Waals surface area (Å²) < 4.78 is 11.5. The van der Waals surface area contributed by atoms with Crippen LogP contribution in [-0.2, 0) is 9.47 Å². The molecule has 1 aromatic heterocycles. The Kier molecular flexibility index (Phi) is 4.40. The van der Waals surface area contributed by atoms with Gasteiger partial charge in [-0.1, -0.05) is 18.2 Å². The molecule has 27 heavy (non-hydrogen) atoms. The first-order valence-electron chi connectivity index (χ1n) is 9.13. The molecule has 0 spiro atoms. The Hall–Kier alpha value is -2.79. The summed E-state index contributed by atoms with van der Waals surface area (Å²) in [5.74, 6) is 0.779. The topological polar surface area (TPSA) is 58.6 Å². The van der Waals surface area contributed by atoms with Crippen LogP contribution in [0.5, 0.6) is 0 Å². The van der Waals surface area contributed by atoms with Crippen molar-refractivity contribution in [1.82, 2.24) is 4.98 Å². The molecular formula is C22H25N3O2. The Labute approximate surface area is 159 Å². The van der Waals surface area contributed by atoms with Crippen molar-refractivity contribution < 1.29 is 9.47 Å². The molecule has 3 heterocycles. The second-order valence-corrected chi connectivity index (χ2v) is 7.10. The van der Waals surface area contributed by atoms with Gasteiger partial charge in [0.05, 0.1) is 18.9 Å². The van der Waals surface area contributed by atoms with E-state index in [0.717, 1.165) is 45.4 Å². The molecule has 0 amide bonds. The number of aromatic amines is 1. The summed E-state index contributed by atoms with van der Waals surface area (Å²) in [4.78, 5) is 8.38. The number of rotatable bonds is 4. The normalized spacial score (nSPS) is 22.9. The lowest BCUT2D eigenvalue weighted by molar-refractivity contribution is 0.108. The van der Waals surface area contributed by atoms with Gasteiger partial charge >= 0.3 is 0 Å². The minimum absolute atomic E-state index is 0.0469. The Morgan fingerprint density at radius 2 is 1.93 bits per heavy atom. The number of nitrogens with one attached hydrogen (secondary N) is 2. The maximum Gasteiger partial charge on any atom is 0.146 e. The van der Waals surface area contributed by atoms with Gasteiger partial charge in [0.1, 0.15) is 17.6 Å². The third kappa shape index (κ3) is 2.88. The molecule has 0 saturated heterocycles. The van der Waals surface area contributed by atoms with Gasteiger partial charge in [0, 0.05) is 41.4 Å². The number of hydrogen-bond acceptors (Lipinski definition) is 4. The second-order valence-electron chi connectivity index (χ2n) is 7.10. The standard InChI is InChI=1S/C22H25N3O2/c1-12-10-13(2)23-19(12)14(3)20-18(26-4)11-17(25-20)21-22(27-5)15-8-6-7-9-16(15)24-21/h6-11,21-24H,1-5H3/b20-14+. The summed E-state index contributed by atoms with van der Waals surface area (Å²) in [5, 5.41) is 3.55. The number of aliphatic imine (C=N–C) groups is 1. The predicted molar refractivity (Wildman–Crippen MR) is 109 cm³/mol. The molecule has 2 atom stereocenters. The van der Waals surface area contributed by atoms with E-state index in [1.54, 1.807) is 14.2 Å². The number of allylic oxidation sites excluding steroid dienone is 1. The lowest BCUT2D eigenvalue weighted by atomic mass is 10.0. The van der Waals surface area contributed by atoms with Crippen LogP contribution in [0.2, 0.25) is 0 Å². The number of aromatic nitrogens is 1. The molecule has 140 valence electrons. The number of aryl methyl sites for hydroxylation is 2. The van der Waals surface area contributed by atoms with Crippen LogP contribution in [0.4, 0.5) is 5.69 Å². The van der Waals surface area contributed by atoms with Gasteiger partial charge in [-0.15, -0.1) is 0 Å². The first-order chi connectivity index (χ1) is 13.0. The van der Waals surface area contributed by atoms with Crippen LogP contribution in [0.15, 0.2) is 52.9 Å². The van der Waals surface area contributed by atoms with Crippen LogP contribution in [0.1, 0.15) is 35.5 Å². The van der Waals surface area contributed by atoms with Crippen LogP contribution in [0.25, 0.3) is 5.57 Å². The van der Waals surface area contributed by atoms with Crippen molar-refractivity contribution in [2.45, 2.75) is 32.9 Å². The zero-order valence-electron chi connectivity index (χ0n) is 16.4. The molecule has 0 fully saturated rings. The lowest BCUT2D eigenvalue weighted by Gasteiger charge is -2.18. The van der Waals surface area contributed by atoms with Gasteiger partial charge in [0.25, 0.3) is 0 Å². The first kappa shape index (κ1) is 17.6. The molecular weight excluding hydrogens is 338 g/mol. The number of anilines is 1. The quantitative estimate of drug-likeness (QED) is 0.839. The Morgan fingerprint density at radius 3 is 2.59 bits per heavy atom. The molecule has 5 nitrogen and oxygen atoms in total. The summed E-state index contributed by atoms with van der Waals surface area (Å²) in [5.41, 5.74) is 8.56. The van der Waals surface area contributed by atoms with E-state index in [-0.39, 0.29) is 12.1 Å². The average molecular weight is 363 g/mol. The van der Waals surface area contributed by atoms with E-state index in [0.29, 0.717) is 0 Å². The van der Waals surface area contributed by atoms with E-state index in [4.69, 9.17) is 14.5 Å². The highest BCUT2D eigenvalue weighted by Crippen LogP contribution is 2.39. The molecule has 5 heteroatoms. The molecule has 2 unspecified atom stereocenters. The lowest BCUT2D eigenvalue weighted by Crippen LogP contribution is -2.29. The summed E-state index contributed by atoms with van der Waals surface area (Å²) in [6.07, 6.45) is 1.93. The molecule has 2 aromatic rings. The molecule has 1 aromatic carbocycles. The summed E-state index contributed by atoms with van der Waals surface area (Å²) in [7, 11) is 3.43. The smallest absolute Gasteiger partial charge is 0.146 e. The van der Waals surface area contributed by atoms with Crippen LogP contribution >= 0.6 is 0 Å². The maximum absolute atomic E-state index is 5.80. The molecule has 0 radical (unpaired) electrons. The maximum atomic E-state index is 5.80. The number of hydrogen-bond donors (Lipinski definition) is 2. The van der Waals surface area contributed by atoms with Gasteiger partial charge in [-0.05, 0) is 38.5 Å². The summed E-state index contributed by atoms with van der Waals surface area (Å²) >= 11 is 0. The highest BCUT2D eigenvalue weighted by molar-refractivity contribution is 6.07. The molecule has 0 aliphatic carbocycles. The zero-order valence-corrected chi connectivity index (χ0v) is 16.4. The van der Waals surface area contributed by atoms with Crippen molar-refractivity contribution in [2.24, 2.45) is 4.99 Å². The summed E-state index contributed by atoms with van der Waals surface area (Å²) in [6.45, 7) is 6.25. The molecule has 2 aliphatic heterocycles. The van der Waals surface area contributed by atoms with Crippen molar-refractivity contribution in [3.8, 4) is 0 Å². The molecule has 4 rings (SSSR count). The molecule has 2 N–H and O–H groups in total. The number of fused-ring (bicyclic) bond motifs is 1. The van der Waals surface area contributed by atoms with Crippen molar-refractivity contribution in [3.63, 3.8) is 0 Å². The SMILES string of the molecule is COC1=CC(C2Nc3ccccc3C2OC)=N/C1=C(\C)c1[nH]c(C)cc1C. The van der Waals surface area contributed by atoms with Gasteiger partial charge in [0.2, 0.25) is 0 Å². The van der Waals surface area contributed by atoms with Crippen molar-refractivity contribution in [1.29, 1.82) is 0 Å². The number of nitrogens with zero attached hydrogens (tertiary/aromatic N) is 1. The third-order valence-electron chi connectivity index (χ3n) is 5.31. The predicted octanol–water partition coefficient (Wildman–Crippen LogP) is 4.53. The Bertz CT molecular complexity index is 981. The van der Waals surface area contributed by atoms with Gasteiger partial charge in [-0.2, -0.15) is 0 Å². The Balaban J connectivity index is 1.75. The number of benzene rings is 1. The third-order valence-corrected chi connectivity index (χ3v) is 5.31. The number of para-hydroxylation sites is 1. The van der Waals surface area contributed by atoms with E-state index in [1.165, 1.54) is 5.56 Å². The monoisotopic (exact) mass is 363 g/mol. The van der Waals surface area contributed by atoms with Gasteiger partial charge < -0.3 is 19.8 Å². The van der Waals surface area contributed by atoms with Gasteiger partial charge in [-0.25, -0.2) is 4.99 Å². The average Bonchev–Trinajstić information content (AvgIpc) is 3.34. The van der Waals surface area contributed by atoms with Crippen molar-refractivity contribution in [2.75, 3.05) is 19.5 Å². The van der Waals surface area contributed by atoms with Crippen molar-refractivity contribution in [3.05, 3.63) is 70.4 Å². The minimum atomic E-state index is -0.0802. The zero-order chi connectivity index (χ0) is 19.1. The minimum Gasteiger partial charge on any atom is -0.494 e. The van der Waals surface area contributed by atoms with Crippen LogP contribution in [0.3, 0.4) is 0 Å². The van der Waals surface area contributed by atoms with Crippen molar-refractivity contribution >= 4 is 17.0 Å². The first-order valence-corrected chi connectivity index (χ1v) is 9.13. The van der Waals surface area contributed by atoms with Gasteiger partial charge in [-0.3, -0.25) is 0 Å². The molecule has 2 aliphatic rings. The Morgan fingerprint density at radius 1 is 1.15 bits per heavy atom. The number of H-pyrrole nitrogens is 1. The molecule has 0 saturated carbocycles. The largest absolute Gasteiger partial charge is 0.494 e. The van der Waals surface area contributed by atoms with E-state index in [1.807, 2.05) is 18.2 Å². The number of methoxy groups -OCH3 is 2. The fraction of sp³-hybridized carbons (Fsp3) is 0.318. The van der Waals surface area contributed by atoms with Crippen LogP contribution < -0.4 is 5.32 Å². The fourth-order valence-electron chi connectivity index (χ4n) is 4.03. The van der Waals surface area contributed by atoms with E-state index < -0.39 is 0 Å². The highest BCUT2D eigenvalue weighted by atomic mass is 16.5. The van der Waals surface area contributed by atoms with E-state index in [2.05, 4.69) is 49.3 Å². The summed E-state index contributed by atoms with van der Waals surface area (Å²) in [6, 6.07) is 10.3. The van der Waals surface area contributed by atoms with Crippen LogP contribution in [0, 0.1) is 13.8 Å². The molecule has 0 bridgehead atoms. The highest BCUT2D eigenvalue weighted by Gasteiger charge is 2.37. The fourth-order valence-corrected chi connectivity index (χ4v) is 4.03. The van der Waals surface area contributed by atoms with Gasteiger partial charge in [0.15, 0.2) is 0 Å². The van der Waals surface area contributed by atoms with E-state index in [9.17, 15) is 0 Å². The second kappa shape index (κ2) is 6.74. The number of ether oxygens (including phenoxy) is 2. The van der Waals surface area contributed by atoms with Crippen LogP contribution in [-0.4, -0.2) is 31.0 Å².